The van der Waals surface area contributed by atoms with Crippen LogP contribution in [-0.2, 0) is 9.53 Å². The molecule has 0 bridgehead atoms. The van der Waals surface area contributed by atoms with Crippen LogP contribution in [0.2, 0.25) is 0 Å². The maximum absolute atomic E-state index is 12.8. The minimum Gasteiger partial charge on any atom is -0.375 e. The van der Waals surface area contributed by atoms with Crippen LogP contribution in [-0.4, -0.2) is 65.0 Å². The van der Waals surface area contributed by atoms with Crippen molar-refractivity contribution in [2.24, 2.45) is 0 Å². The van der Waals surface area contributed by atoms with Gasteiger partial charge in [0.15, 0.2) is 5.13 Å². The number of ether oxygens (including phenoxy) is 1. The van der Waals surface area contributed by atoms with Crippen LogP contribution in [0.3, 0.4) is 0 Å². The molecular weight excluding hydrogens is 328 g/mol. The van der Waals surface area contributed by atoms with Crippen LogP contribution in [0.1, 0.15) is 41.6 Å². The van der Waals surface area contributed by atoms with Gasteiger partial charge in [0.25, 0.3) is 11.8 Å². The Morgan fingerprint density at radius 3 is 2.54 bits per heavy atom. The number of thiazole rings is 1. The van der Waals surface area contributed by atoms with Gasteiger partial charge in [0.05, 0.1) is 5.69 Å². The van der Waals surface area contributed by atoms with Gasteiger partial charge in [0.1, 0.15) is 10.5 Å². The maximum Gasteiger partial charge on any atom is 0.265 e. The summed E-state index contributed by atoms with van der Waals surface area (Å²) in [7, 11) is 0. The molecule has 0 aromatic carbocycles. The predicted molar refractivity (Wildman–Crippen MR) is 92.0 cm³/mol. The van der Waals surface area contributed by atoms with E-state index in [-0.39, 0.29) is 11.8 Å². The minimum atomic E-state index is -0.693. The third-order valence-electron chi connectivity index (χ3n) is 4.75. The van der Waals surface area contributed by atoms with Crippen molar-refractivity contribution in [3.05, 3.63) is 10.6 Å². The van der Waals surface area contributed by atoms with Crippen LogP contribution >= 0.6 is 11.3 Å². The first-order chi connectivity index (χ1) is 11.4. The van der Waals surface area contributed by atoms with Crippen molar-refractivity contribution in [2.75, 3.05) is 38.5 Å². The quantitative estimate of drug-likeness (QED) is 0.866. The van der Waals surface area contributed by atoms with Crippen molar-refractivity contribution in [1.29, 1.82) is 0 Å². The molecule has 2 aliphatic rings. The summed E-state index contributed by atoms with van der Waals surface area (Å²) in [6, 6.07) is 0. The van der Waals surface area contributed by atoms with E-state index in [0.717, 1.165) is 19.3 Å². The number of aryl methyl sites for hydroxylation is 1. The SMILES string of the molecule is Cc1nc(N)sc1C(=O)N1CCCN(C(=O)C2(C)CCCO2)CC1. The number of nitrogens with two attached hydrogens (primary N) is 1. The van der Waals surface area contributed by atoms with Crippen molar-refractivity contribution in [3.8, 4) is 0 Å². The molecular formula is C16H24N4O3S. The van der Waals surface area contributed by atoms with Gasteiger partial charge in [0.2, 0.25) is 0 Å². The van der Waals surface area contributed by atoms with Crippen molar-refractivity contribution in [2.45, 2.75) is 38.7 Å². The first kappa shape index (κ1) is 17.2. The van der Waals surface area contributed by atoms with Crippen LogP contribution in [0.5, 0.6) is 0 Å². The van der Waals surface area contributed by atoms with Crippen molar-refractivity contribution < 1.29 is 14.3 Å². The molecule has 24 heavy (non-hydrogen) atoms. The number of carbonyl (C=O) groups excluding carboxylic acids is 2. The molecule has 2 saturated heterocycles. The number of carbonyl (C=O) groups is 2. The Hall–Kier alpha value is -1.67. The van der Waals surface area contributed by atoms with Gasteiger partial charge < -0.3 is 20.3 Å². The molecule has 1 atom stereocenters. The second-order valence-electron chi connectivity index (χ2n) is 6.59. The lowest BCUT2D eigenvalue weighted by Crippen LogP contribution is -2.48. The van der Waals surface area contributed by atoms with E-state index in [1.807, 2.05) is 11.8 Å². The van der Waals surface area contributed by atoms with Gasteiger partial charge in [-0.25, -0.2) is 4.98 Å². The summed E-state index contributed by atoms with van der Waals surface area (Å²) >= 11 is 1.22. The summed E-state index contributed by atoms with van der Waals surface area (Å²) in [5, 5.41) is 0.411. The molecule has 0 spiro atoms. The molecule has 1 aromatic rings. The molecule has 132 valence electrons. The molecule has 8 heteroatoms. The van der Waals surface area contributed by atoms with Gasteiger partial charge in [-0.2, -0.15) is 0 Å². The Balaban J connectivity index is 1.66. The number of rotatable bonds is 2. The van der Waals surface area contributed by atoms with Crippen molar-refractivity contribution in [1.82, 2.24) is 14.8 Å². The first-order valence-corrected chi connectivity index (χ1v) is 9.18. The number of anilines is 1. The van der Waals surface area contributed by atoms with Crippen LogP contribution in [0.4, 0.5) is 5.13 Å². The number of aromatic nitrogens is 1. The molecule has 1 aromatic heterocycles. The molecule has 2 aliphatic heterocycles. The molecule has 1 unspecified atom stereocenters. The van der Waals surface area contributed by atoms with Gasteiger partial charge in [-0.1, -0.05) is 11.3 Å². The zero-order valence-electron chi connectivity index (χ0n) is 14.2. The van der Waals surface area contributed by atoms with E-state index in [4.69, 9.17) is 10.5 Å². The fourth-order valence-electron chi connectivity index (χ4n) is 3.37. The molecule has 2 fully saturated rings. The number of hydrogen-bond donors (Lipinski definition) is 1. The summed E-state index contributed by atoms with van der Waals surface area (Å²) in [5.41, 5.74) is 5.67. The summed E-state index contributed by atoms with van der Waals surface area (Å²) in [5.74, 6) is 0.00633. The lowest BCUT2D eigenvalue weighted by atomic mass is 10.0. The molecule has 3 rings (SSSR count). The van der Waals surface area contributed by atoms with Crippen LogP contribution in [0, 0.1) is 6.92 Å². The molecule has 0 saturated carbocycles. The monoisotopic (exact) mass is 352 g/mol. The molecule has 7 nitrogen and oxygen atoms in total. The largest absolute Gasteiger partial charge is 0.375 e. The zero-order valence-corrected chi connectivity index (χ0v) is 15.0. The lowest BCUT2D eigenvalue weighted by molar-refractivity contribution is -0.150. The Morgan fingerprint density at radius 1 is 1.21 bits per heavy atom. The number of hydrogen-bond acceptors (Lipinski definition) is 6. The van der Waals surface area contributed by atoms with E-state index in [9.17, 15) is 9.59 Å². The number of nitrogen functional groups attached to an aromatic ring is 1. The van der Waals surface area contributed by atoms with Crippen LogP contribution < -0.4 is 5.73 Å². The fraction of sp³-hybridized carbons (Fsp3) is 0.688. The first-order valence-electron chi connectivity index (χ1n) is 8.36. The summed E-state index contributed by atoms with van der Waals surface area (Å²) < 4.78 is 5.67. The smallest absolute Gasteiger partial charge is 0.265 e. The highest BCUT2D eigenvalue weighted by atomic mass is 32.1. The number of amides is 2. The minimum absolute atomic E-state index is 0.0423. The Kier molecular flexibility index (Phi) is 4.78. The summed E-state index contributed by atoms with van der Waals surface area (Å²) in [6.07, 6.45) is 2.46. The molecule has 3 heterocycles. The molecule has 2 amide bonds. The highest BCUT2D eigenvalue weighted by Gasteiger charge is 2.41. The average molecular weight is 352 g/mol. The van der Waals surface area contributed by atoms with E-state index >= 15 is 0 Å². The third-order valence-corrected chi connectivity index (χ3v) is 5.72. The second kappa shape index (κ2) is 6.68. The molecule has 0 aliphatic carbocycles. The molecule has 2 N–H and O–H groups in total. The van der Waals surface area contributed by atoms with Gasteiger partial charge in [-0.15, -0.1) is 0 Å². The normalized spacial score (nSPS) is 24.9. The molecule has 0 radical (unpaired) electrons. The Labute approximate surface area is 145 Å². The van der Waals surface area contributed by atoms with E-state index in [1.165, 1.54) is 11.3 Å². The van der Waals surface area contributed by atoms with E-state index in [0.29, 0.717) is 48.5 Å². The fourth-order valence-corrected chi connectivity index (χ4v) is 4.17. The second-order valence-corrected chi connectivity index (χ2v) is 7.62. The van der Waals surface area contributed by atoms with Crippen LogP contribution in [0.15, 0.2) is 0 Å². The number of nitrogens with zero attached hydrogens (tertiary/aromatic N) is 3. The standard InChI is InChI=1S/C16H24N4O3S/c1-11-12(24-15(17)18-11)13(21)19-6-4-7-20(9-8-19)14(22)16(2)5-3-10-23-16/h3-10H2,1-2H3,(H2,17,18). The van der Waals surface area contributed by atoms with E-state index in [1.54, 1.807) is 11.8 Å². The van der Waals surface area contributed by atoms with Crippen molar-refractivity contribution >= 4 is 28.3 Å². The Morgan fingerprint density at radius 2 is 1.92 bits per heavy atom. The summed E-state index contributed by atoms with van der Waals surface area (Å²) in [4.78, 5) is 33.8. The topological polar surface area (TPSA) is 88.8 Å². The lowest BCUT2D eigenvalue weighted by Gasteiger charge is -2.30. The van der Waals surface area contributed by atoms with Crippen molar-refractivity contribution in [3.63, 3.8) is 0 Å². The summed E-state index contributed by atoms with van der Waals surface area (Å²) in [6.45, 7) is 6.68. The van der Waals surface area contributed by atoms with Gasteiger partial charge in [-0.3, -0.25) is 9.59 Å². The maximum atomic E-state index is 12.8. The van der Waals surface area contributed by atoms with Crippen LogP contribution in [0.25, 0.3) is 0 Å². The zero-order chi connectivity index (χ0) is 17.3. The predicted octanol–water partition coefficient (Wildman–Crippen LogP) is 1.28. The Bertz CT molecular complexity index is 639. The highest BCUT2D eigenvalue weighted by Crippen LogP contribution is 2.28. The van der Waals surface area contributed by atoms with Gasteiger partial charge in [0, 0.05) is 32.8 Å². The third kappa shape index (κ3) is 3.25. The van der Waals surface area contributed by atoms with Gasteiger partial charge >= 0.3 is 0 Å². The van der Waals surface area contributed by atoms with E-state index < -0.39 is 5.60 Å². The van der Waals surface area contributed by atoms with E-state index in [2.05, 4.69) is 4.98 Å². The highest BCUT2D eigenvalue weighted by molar-refractivity contribution is 7.17. The average Bonchev–Trinajstić information content (AvgIpc) is 3.04. The van der Waals surface area contributed by atoms with Gasteiger partial charge in [-0.05, 0) is 33.1 Å².